The molecule has 18 nitrogen and oxygen atoms in total. The number of carbonyl (C=O) groups is 7. The summed E-state index contributed by atoms with van der Waals surface area (Å²) in [7, 11) is -2.90. The lowest BCUT2D eigenvalue weighted by atomic mass is 9.78. The molecule has 0 unspecified atom stereocenters. The van der Waals surface area contributed by atoms with Crippen LogP contribution in [0.25, 0.3) is 0 Å². The number of esters is 7. The van der Waals surface area contributed by atoms with Gasteiger partial charge in [-0.05, 0) is 35.8 Å². The zero-order valence-electron chi connectivity index (χ0n) is 35.2. The predicted molar refractivity (Wildman–Crippen MR) is 220 cm³/mol. The molecule has 0 N–H and O–H groups in total. The van der Waals surface area contributed by atoms with Gasteiger partial charge >= 0.3 is 41.8 Å². The summed E-state index contributed by atoms with van der Waals surface area (Å²) in [6.07, 6.45) is -17.2. The van der Waals surface area contributed by atoms with E-state index in [1.807, 2.05) is 13.8 Å². The van der Waals surface area contributed by atoms with Gasteiger partial charge in [0.2, 0.25) is 0 Å². The van der Waals surface area contributed by atoms with E-state index in [2.05, 4.69) is 0 Å². The van der Waals surface area contributed by atoms with Crippen molar-refractivity contribution in [1.29, 1.82) is 0 Å². The van der Waals surface area contributed by atoms with Crippen molar-refractivity contribution >= 4 is 75.1 Å². The smallest absolute Gasteiger partial charge is 0.339 e. The van der Waals surface area contributed by atoms with Crippen molar-refractivity contribution in [2.24, 2.45) is 5.92 Å². The van der Waals surface area contributed by atoms with Gasteiger partial charge in [-0.15, -0.1) is 23.5 Å². The van der Waals surface area contributed by atoms with Crippen LogP contribution >= 0.6 is 23.5 Å². The average Bonchev–Trinajstić information content (AvgIpc) is 3.23. The Morgan fingerprint density at radius 2 is 1.10 bits per heavy atom. The summed E-state index contributed by atoms with van der Waals surface area (Å²) in [4.78, 5) is 93.5. The molecule has 0 aliphatic carbocycles. The SMILES string of the molecule is CCSC(SCC)[C@@H]1O[C@@H](C(=O)OC)[C@@H](S(=O)(=O)c2ccccc2)[C@H]([C@H](OC(C)=O)[C@@H]2O[C@H](C(=O)OC)[C@@H](OC(C)=O)[C@H](OC(=O)c3ccccc3)[C@@H]2OC(C)=O)[C@@H]1OC(C)=O. The van der Waals surface area contributed by atoms with Gasteiger partial charge in [0, 0.05) is 27.7 Å². The highest BCUT2D eigenvalue weighted by Crippen LogP contribution is 2.47. The molecule has 2 heterocycles. The highest BCUT2D eigenvalue weighted by Gasteiger charge is 2.66. The third-order valence-corrected chi connectivity index (χ3v) is 14.5. The average molecular weight is 927 g/mol. The van der Waals surface area contributed by atoms with Gasteiger partial charge < -0.3 is 42.6 Å². The van der Waals surface area contributed by atoms with Crippen molar-refractivity contribution < 1.29 is 84.6 Å². The predicted octanol–water partition coefficient (Wildman–Crippen LogP) is 3.11. The Bertz CT molecular complexity index is 2010. The summed E-state index contributed by atoms with van der Waals surface area (Å²) in [6, 6.07) is 14.3. The first-order chi connectivity index (χ1) is 29.4. The summed E-state index contributed by atoms with van der Waals surface area (Å²) in [6.45, 7) is 7.63. The Morgan fingerprint density at radius 1 is 0.613 bits per heavy atom. The first-order valence-electron chi connectivity index (χ1n) is 19.3. The molecule has 11 atom stereocenters. The van der Waals surface area contributed by atoms with E-state index in [0.717, 1.165) is 41.9 Å². The molecule has 2 aromatic rings. The summed E-state index contributed by atoms with van der Waals surface area (Å²) < 4.78 is 81.8. The van der Waals surface area contributed by atoms with Gasteiger partial charge in [0.15, 0.2) is 40.4 Å². The molecule has 62 heavy (non-hydrogen) atoms. The maximum atomic E-state index is 15.2. The normalized spacial score (nSPS) is 26.5. The van der Waals surface area contributed by atoms with Crippen LogP contribution in [0.4, 0.5) is 0 Å². The number of hydrogen-bond acceptors (Lipinski definition) is 20. The number of methoxy groups -OCH3 is 2. The fourth-order valence-electron chi connectivity index (χ4n) is 7.41. The molecule has 2 fully saturated rings. The molecule has 340 valence electrons. The Morgan fingerprint density at radius 3 is 1.60 bits per heavy atom. The minimum absolute atomic E-state index is 0.0325. The van der Waals surface area contributed by atoms with Crippen LogP contribution in [-0.2, 0) is 81.2 Å². The van der Waals surface area contributed by atoms with Crippen molar-refractivity contribution in [3.05, 3.63) is 66.2 Å². The first kappa shape index (κ1) is 50.0. The van der Waals surface area contributed by atoms with Gasteiger partial charge in [-0.25, -0.2) is 22.8 Å². The number of benzene rings is 2. The standard InChI is InChI=1S/C41H50O18S3/c1-9-60-41(61-10-2)35-29(54-22(4)43)27(37(36(58-35)40(48)52-8)62(49,50)26-19-15-12-16-20-26)28(53-21(3)42)30-31(55-23(5)44)32(59-38(46)25-17-13-11-14-18-25)33(56-24(6)45)34(57-30)39(47)51-7/h11-20,27-37,41H,9-10H2,1-8H3/t27-,28+,29+,30+,31-,32-,33+,34+,35-,36-,37+/m1/s1. The monoisotopic (exact) mass is 926 g/mol. The van der Waals surface area contributed by atoms with E-state index in [-0.39, 0.29) is 10.5 Å². The summed E-state index contributed by atoms with van der Waals surface area (Å²) in [5.74, 6) is -8.53. The van der Waals surface area contributed by atoms with E-state index < -0.39 is 122 Å². The van der Waals surface area contributed by atoms with E-state index >= 15 is 8.42 Å². The van der Waals surface area contributed by atoms with Gasteiger partial charge in [-0.1, -0.05) is 50.2 Å². The van der Waals surface area contributed by atoms with Crippen molar-refractivity contribution in [3.63, 3.8) is 0 Å². The molecule has 2 aromatic carbocycles. The Kier molecular flexibility index (Phi) is 18.2. The fraction of sp³-hybridized carbons (Fsp3) is 0.537. The Balaban J connectivity index is 2.16. The Hall–Kier alpha value is -4.70. The van der Waals surface area contributed by atoms with Crippen molar-refractivity contribution in [2.45, 2.75) is 111 Å². The molecule has 0 radical (unpaired) electrons. The van der Waals surface area contributed by atoms with Crippen molar-refractivity contribution in [2.75, 3.05) is 25.7 Å². The number of hydrogen-bond donors (Lipinski definition) is 0. The molecule has 0 aromatic heterocycles. The van der Waals surface area contributed by atoms with Crippen LogP contribution in [0.1, 0.15) is 51.9 Å². The van der Waals surface area contributed by atoms with E-state index in [0.29, 0.717) is 11.5 Å². The Labute approximate surface area is 367 Å². The van der Waals surface area contributed by atoms with Crippen molar-refractivity contribution in [3.8, 4) is 0 Å². The van der Waals surface area contributed by atoms with E-state index in [1.165, 1.54) is 72.1 Å². The van der Waals surface area contributed by atoms with E-state index in [1.54, 1.807) is 12.1 Å². The lowest BCUT2D eigenvalue weighted by Crippen LogP contribution is -2.71. The van der Waals surface area contributed by atoms with Gasteiger partial charge in [-0.3, -0.25) is 19.2 Å². The lowest BCUT2D eigenvalue weighted by Gasteiger charge is -2.52. The molecule has 4 rings (SSSR count). The quantitative estimate of drug-likeness (QED) is 0.126. The molecule has 0 saturated carbocycles. The summed E-state index contributed by atoms with van der Waals surface area (Å²) >= 11 is 2.65. The number of ether oxygens (including phenoxy) is 9. The van der Waals surface area contributed by atoms with E-state index in [4.69, 9.17) is 42.6 Å². The highest BCUT2D eigenvalue weighted by atomic mass is 32.2. The molecule has 2 aliphatic heterocycles. The second-order valence-electron chi connectivity index (χ2n) is 13.8. The number of carbonyl (C=O) groups excluding carboxylic acids is 7. The molecule has 2 saturated heterocycles. The molecular weight excluding hydrogens is 877 g/mol. The number of rotatable bonds is 17. The third-order valence-electron chi connectivity index (χ3n) is 9.65. The van der Waals surface area contributed by atoms with E-state index in [9.17, 15) is 33.6 Å². The minimum atomic E-state index is -4.88. The molecule has 0 amide bonds. The first-order valence-corrected chi connectivity index (χ1v) is 23.0. The molecule has 0 spiro atoms. The van der Waals surface area contributed by atoms with Crippen molar-refractivity contribution in [1.82, 2.24) is 0 Å². The van der Waals surface area contributed by atoms with Gasteiger partial charge in [0.1, 0.15) is 29.7 Å². The van der Waals surface area contributed by atoms with Crippen LogP contribution in [0.5, 0.6) is 0 Å². The maximum absolute atomic E-state index is 15.2. The number of sulfone groups is 1. The second-order valence-corrected chi connectivity index (χ2v) is 19.0. The molecule has 0 bridgehead atoms. The molecular formula is C41H50O18S3. The zero-order valence-corrected chi connectivity index (χ0v) is 37.6. The summed E-state index contributed by atoms with van der Waals surface area (Å²) in [5, 5.41) is -2.16. The number of thioether (sulfide) groups is 2. The van der Waals surface area contributed by atoms with Crippen LogP contribution in [0.2, 0.25) is 0 Å². The molecule has 21 heteroatoms. The van der Waals surface area contributed by atoms with Crippen LogP contribution in [0, 0.1) is 5.92 Å². The summed E-state index contributed by atoms with van der Waals surface area (Å²) in [5.41, 5.74) is -0.0325. The van der Waals surface area contributed by atoms with Crippen LogP contribution < -0.4 is 0 Å². The highest BCUT2D eigenvalue weighted by molar-refractivity contribution is 8.17. The minimum Gasteiger partial charge on any atom is -0.467 e. The van der Waals surface area contributed by atoms with Crippen LogP contribution in [0.15, 0.2) is 65.6 Å². The second kappa shape index (κ2) is 22.6. The fourth-order valence-corrected chi connectivity index (χ4v) is 12.2. The van der Waals surface area contributed by atoms with Gasteiger partial charge in [0.05, 0.1) is 35.2 Å². The lowest BCUT2D eigenvalue weighted by molar-refractivity contribution is -0.270. The molecule has 2 aliphatic rings. The van der Waals surface area contributed by atoms with Crippen LogP contribution in [0.3, 0.4) is 0 Å². The maximum Gasteiger partial charge on any atom is 0.339 e. The van der Waals surface area contributed by atoms with Gasteiger partial charge in [0.25, 0.3) is 0 Å². The topological polar surface area (TPSA) is 237 Å². The largest absolute Gasteiger partial charge is 0.467 e. The zero-order chi connectivity index (χ0) is 45.9. The van der Waals surface area contributed by atoms with Crippen LogP contribution in [-0.4, -0.2) is 141 Å². The van der Waals surface area contributed by atoms with Gasteiger partial charge in [-0.2, -0.15) is 0 Å². The third kappa shape index (κ3) is 11.9.